The fraction of sp³-hybridized carbons (Fsp3) is 0.259. The van der Waals surface area contributed by atoms with Crippen molar-refractivity contribution in [3.05, 3.63) is 81.5 Å². The third kappa shape index (κ3) is 6.39. The zero-order chi connectivity index (χ0) is 26.4. The van der Waals surface area contributed by atoms with Gasteiger partial charge in [0.1, 0.15) is 23.2 Å². The summed E-state index contributed by atoms with van der Waals surface area (Å²) in [6.07, 6.45) is 2.51. The lowest BCUT2D eigenvalue weighted by molar-refractivity contribution is -0.136. The van der Waals surface area contributed by atoms with E-state index in [4.69, 9.17) is 9.47 Å². The van der Waals surface area contributed by atoms with Crippen LogP contribution in [0.15, 0.2) is 53.6 Å². The first kappa shape index (κ1) is 26.0. The van der Waals surface area contributed by atoms with Gasteiger partial charge in [-0.2, -0.15) is 5.10 Å². The summed E-state index contributed by atoms with van der Waals surface area (Å²) >= 11 is 1.30. The molecule has 1 aliphatic rings. The van der Waals surface area contributed by atoms with Gasteiger partial charge in [-0.15, -0.1) is 11.3 Å². The maximum atomic E-state index is 13.0. The van der Waals surface area contributed by atoms with E-state index >= 15 is 0 Å². The molecule has 0 radical (unpaired) electrons. The van der Waals surface area contributed by atoms with Crippen molar-refractivity contribution in [2.75, 3.05) is 11.9 Å². The van der Waals surface area contributed by atoms with Crippen LogP contribution in [0, 0.1) is 5.82 Å². The number of anilines is 1. The molecular weight excluding hydrogens is 497 g/mol. The van der Waals surface area contributed by atoms with E-state index in [1.165, 1.54) is 23.5 Å². The average molecular weight is 524 g/mol. The number of hydrogen-bond donors (Lipinski definition) is 2. The molecule has 1 heterocycles. The van der Waals surface area contributed by atoms with Crippen LogP contribution in [0.4, 0.5) is 9.39 Å². The Bertz CT molecular complexity index is 1330. The van der Waals surface area contributed by atoms with Crippen molar-refractivity contribution in [3.63, 3.8) is 0 Å². The number of hydrogen-bond acceptors (Lipinski definition) is 7. The van der Waals surface area contributed by atoms with E-state index in [1.54, 1.807) is 50.2 Å². The molecule has 3 aromatic rings. The molecule has 2 amide bonds. The monoisotopic (exact) mass is 523 g/mol. The Balaban J connectivity index is 1.34. The maximum absolute atomic E-state index is 13.0. The second kappa shape index (κ2) is 11.8. The number of benzene rings is 2. The molecule has 0 aliphatic heterocycles. The van der Waals surface area contributed by atoms with Gasteiger partial charge in [0.05, 0.1) is 17.9 Å². The zero-order valence-corrected chi connectivity index (χ0v) is 21.2. The molecule has 1 aliphatic carbocycles. The van der Waals surface area contributed by atoms with Crippen LogP contribution in [0.25, 0.3) is 0 Å². The van der Waals surface area contributed by atoms with Crippen molar-refractivity contribution >= 4 is 39.8 Å². The SMILES string of the molecule is CCOC(=O)c1c(NC(=O)C(=O)NN=C(C)c2ccc(OCc3ccc(F)cc3)cc2)sc2c1CCC2. The second-order valence-electron chi connectivity index (χ2n) is 8.31. The van der Waals surface area contributed by atoms with Gasteiger partial charge in [0.15, 0.2) is 0 Å². The molecule has 1 aromatic heterocycles. The number of esters is 1. The highest BCUT2D eigenvalue weighted by Crippen LogP contribution is 2.39. The minimum atomic E-state index is -0.957. The van der Waals surface area contributed by atoms with E-state index in [0.29, 0.717) is 34.2 Å². The van der Waals surface area contributed by atoms with Gasteiger partial charge in [-0.3, -0.25) is 9.59 Å². The highest BCUT2D eigenvalue weighted by molar-refractivity contribution is 7.17. The molecule has 8 nitrogen and oxygen atoms in total. The van der Waals surface area contributed by atoms with Crippen LogP contribution in [0.1, 0.15) is 52.2 Å². The molecule has 4 rings (SSSR count). The molecule has 192 valence electrons. The van der Waals surface area contributed by atoms with E-state index in [9.17, 15) is 18.8 Å². The lowest BCUT2D eigenvalue weighted by Crippen LogP contribution is -2.33. The minimum absolute atomic E-state index is 0.215. The van der Waals surface area contributed by atoms with E-state index in [2.05, 4.69) is 15.8 Å². The van der Waals surface area contributed by atoms with Crippen LogP contribution in [-0.2, 0) is 33.8 Å². The number of amides is 2. The van der Waals surface area contributed by atoms with Gasteiger partial charge in [-0.25, -0.2) is 14.6 Å². The number of halogens is 1. The number of thiophene rings is 1. The van der Waals surface area contributed by atoms with Gasteiger partial charge in [-0.05, 0) is 86.2 Å². The molecule has 10 heteroatoms. The molecule has 37 heavy (non-hydrogen) atoms. The first-order valence-corrected chi connectivity index (χ1v) is 12.6. The lowest BCUT2D eigenvalue weighted by atomic mass is 10.1. The first-order chi connectivity index (χ1) is 17.9. The summed E-state index contributed by atoms with van der Waals surface area (Å²) in [4.78, 5) is 38.3. The summed E-state index contributed by atoms with van der Waals surface area (Å²) in [5.41, 5.74) is 5.51. The largest absolute Gasteiger partial charge is 0.489 e. The average Bonchev–Trinajstić information content (AvgIpc) is 3.48. The molecule has 0 saturated carbocycles. The summed E-state index contributed by atoms with van der Waals surface area (Å²) < 4.78 is 23.9. The number of carbonyl (C=O) groups is 3. The maximum Gasteiger partial charge on any atom is 0.341 e. The molecule has 0 atom stereocenters. The summed E-state index contributed by atoms with van der Waals surface area (Å²) in [7, 11) is 0. The van der Waals surface area contributed by atoms with E-state index < -0.39 is 17.8 Å². The fourth-order valence-electron chi connectivity index (χ4n) is 3.86. The van der Waals surface area contributed by atoms with Crippen molar-refractivity contribution in [2.45, 2.75) is 39.7 Å². The van der Waals surface area contributed by atoms with Crippen LogP contribution < -0.4 is 15.5 Å². The van der Waals surface area contributed by atoms with Gasteiger partial charge in [-0.1, -0.05) is 12.1 Å². The van der Waals surface area contributed by atoms with Crippen LogP contribution in [0.3, 0.4) is 0 Å². The molecule has 2 aromatic carbocycles. The molecule has 0 spiro atoms. The van der Waals surface area contributed by atoms with Gasteiger partial charge in [0.2, 0.25) is 0 Å². The van der Waals surface area contributed by atoms with Gasteiger partial charge in [0, 0.05) is 4.88 Å². The lowest BCUT2D eigenvalue weighted by Gasteiger charge is -2.08. The molecule has 0 fully saturated rings. The molecular formula is C27H26FN3O5S. The summed E-state index contributed by atoms with van der Waals surface area (Å²) in [6.45, 7) is 3.91. The topological polar surface area (TPSA) is 106 Å². The van der Waals surface area contributed by atoms with Crippen molar-refractivity contribution < 1.29 is 28.2 Å². The number of hydrazone groups is 1. The standard InChI is InChI=1S/C27H26FN3O5S/c1-3-35-27(34)23-21-5-4-6-22(21)37-26(23)29-24(32)25(33)31-30-16(2)18-9-13-20(14-10-18)36-15-17-7-11-19(28)12-8-17/h7-14H,3-6,15H2,1-2H3,(H,29,32)(H,31,33). The Morgan fingerprint density at radius 2 is 1.76 bits per heavy atom. The minimum Gasteiger partial charge on any atom is -0.489 e. The number of ether oxygens (including phenoxy) is 2. The number of aryl methyl sites for hydroxylation is 1. The third-order valence-corrected chi connectivity index (χ3v) is 6.96. The molecule has 0 bridgehead atoms. The highest BCUT2D eigenvalue weighted by atomic mass is 32.1. The first-order valence-electron chi connectivity index (χ1n) is 11.8. The van der Waals surface area contributed by atoms with Crippen LogP contribution in [0.5, 0.6) is 5.75 Å². The Hall–Kier alpha value is -4.05. The molecule has 0 saturated heterocycles. The van der Waals surface area contributed by atoms with Gasteiger partial charge < -0.3 is 14.8 Å². The smallest absolute Gasteiger partial charge is 0.341 e. The summed E-state index contributed by atoms with van der Waals surface area (Å²) in [5.74, 6) is -2.07. The Kier molecular flexibility index (Phi) is 8.29. The van der Waals surface area contributed by atoms with Crippen molar-refractivity contribution in [2.24, 2.45) is 5.10 Å². The predicted molar refractivity (Wildman–Crippen MR) is 138 cm³/mol. The summed E-state index contributed by atoms with van der Waals surface area (Å²) in [6, 6.07) is 13.1. The quantitative estimate of drug-likeness (QED) is 0.194. The van der Waals surface area contributed by atoms with E-state index in [1.807, 2.05) is 0 Å². The normalized spacial score (nSPS) is 12.6. The fourth-order valence-corrected chi connectivity index (χ4v) is 5.13. The number of rotatable bonds is 8. The molecule has 0 unspecified atom stereocenters. The molecule has 2 N–H and O–H groups in total. The number of nitrogens with one attached hydrogen (secondary N) is 2. The van der Waals surface area contributed by atoms with Crippen molar-refractivity contribution in [1.82, 2.24) is 5.43 Å². The number of carbonyl (C=O) groups excluding carboxylic acids is 3. The van der Waals surface area contributed by atoms with E-state index in [-0.39, 0.29) is 12.4 Å². The van der Waals surface area contributed by atoms with Crippen molar-refractivity contribution in [3.8, 4) is 5.75 Å². The van der Waals surface area contributed by atoms with Gasteiger partial charge in [0.25, 0.3) is 0 Å². The van der Waals surface area contributed by atoms with Gasteiger partial charge >= 0.3 is 17.8 Å². The third-order valence-electron chi connectivity index (χ3n) is 5.75. The van der Waals surface area contributed by atoms with Crippen LogP contribution in [-0.4, -0.2) is 30.1 Å². The van der Waals surface area contributed by atoms with Crippen LogP contribution in [0.2, 0.25) is 0 Å². The van der Waals surface area contributed by atoms with Crippen LogP contribution >= 0.6 is 11.3 Å². The van der Waals surface area contributed by atoms with Crippen molar-refractivity contribution in [1.29, 1.82) is 0 Å². The summed E-state index contributed by atoms with van der Waals surface area (Å²) in [5, 5.41) is 6.88. The second-order valence-corrected chi connectivity index (χ2v) is 9.42. The zero-order valence-electron chi connectivity index (χ0n) is 20.4. The Morgan fingerprint density at radius 1 is 1.03 bits per heavy atom. The highest BCUT2D eigenvalue weighted by Gasteiger charge is 2.29. The Morgan fingerprint density at radius 3 is 2.46 bits per heavy atom. The predicted octanol–water partition coefficient (Wildman–Crippen LogP) is 4.61. The van der Waals surface area contributed by atoms with E-state index in [0.717, 1.165) is 35.3 Å². The Labute approximate surface area is 217 Å². The number of nitrogens with zero attached hydrogens (tertiary/aromatic N) is 1. The number of fused-ring (bicyclic) bond motifs is 1.